The first-order valence-electron chi connectivity index (χ1n) is 8.93. The molecular weight excluding hydrogens is 264 g/mol. The van der Waals surface area contributed by atoms with Gasteiger partial charge in [-0.3, -0.25) is 0 Å². The zero-order valence-electron chi connectivity index (χ0n) is 15.9. The predicted octanol–water partition coefficient (Wildman–Crippen LogP) is 7.64. The van der Waals surface area contributed by atoms with Crippen molar-refractivity contribution in [2.45, 2.75) is 80.1 Å². The fourth-order valence-electron chi connectivity index (χ4n) is 2.42. The summed E-state index contributed by atoms with van der Waals surface area (Å²) in [6.45, 7) is 17.4. The first-order valence-corrected chi connectivity index (χ1v) is 8.93. The van der Waals surface area contributed by atoms with Gasteiger partial charge in [-0.25, -0.2) is 0 Å². The molecule has 0 saturated heterocycles. The Morgan fingerprint density at radius 3 is 2.36 bits per heavy atom. The van der Waals surface area contributed by atoms with Crippen LogP contribution >= 0.6 is 0 Å². The molecular formula is C22H38. The van der Waals surface area contributed by atoms with E-state index >= 15 is 0 Å². The molecule has 0 atom stereocenters. The number of allylic oxidation sites excluding steroid dienone is 7. The molecule has 0 aliphatic carbocycles. The molecule has 0 saturated carbocycles. The van der Waals surface area contributed by atoms with E-state index in [1.54, 1.807) is 0 Å². The van der Waals surface area contributed by atoms with Crippen molar-refractivity contribution >= 4 is 0 Å². The Bertz CT molecular complexity index is 388. The molecule has 0 rings (SSSR count). The average molecular weight is 303 g/mol. The van der Waals surface area contributed by atoms with E-state index in [0.29, 0.717) is 5.92 Å². The van der Waals surface area contributed by atoms with Crippen molar-refractivity contribution in [2.75, 3.05) is 0 Å². The molecule has 0 amide bonds. The lowest BCUT2D eigenvalue weighted by Gasteiger charge is -2.20. The van der Waals surface area contributed by atoms with E-state index in [1.165, 1.54) is 36.8 Å². The molecule has 0 aliphatic rings. The van der Waals surface area contributed by atoms with Gasteiger partial charge in [0, 0.05) is 0 Å². The van der Waals surface area contributed by atoms with Gasteiger partial charge in [0.1, 0.15) is 0 Å². The second-order valence-corrected chi connectivity index (χ2v) is 7.48. The Balaban J connectivity index is 4.64. The van der Waals surface area contributed by atoms with Gasteiger partial charge >= 0.3 is 0 Å². The van der Waals surface area contributed by atoms with Gasteiger partial charge in [0.05, 0.1) is 0 Å². The minimum Gasteiger partial charge on any atom is -0.103 e. The van der Waals surface area contributed by atoms with Crippen LogP contribution in [0, 0.1) is 11.3 Å². The molecule has 22 heavy (non-hydrogen) atoms. The summed E-state index contributed by atoms with van der Waals surface area (Å²) in [7, 11) is 0. The minimum atomic E-state index is 0.285. The van der Waals surface area contributed by atoms with E-state index < -0.39 is 0 Å². The van der Waals surface area contributed by atoms with Gasteiger partial charge in [-0.2, -0.15) is 0 Å². The molecule has 0 heteroatoms. The first kappa shape index (κ1) is 21.0. The third-order valence-corrected chi connectivity index (χ3v) is 4.08. The highest BCUT2D eigenvalue weighted by Gasteiger charge is 2.13. The van der Waals surface area contributed by atoms with Crippen molar-refractivity contribution < 1.29 is 0 Å². The topological polar surface area (TPSA) is 0 Å². The van der Waals surface area contributed by atoms with Gasteiger partial charge in [0.15, 0.2) is 0 Å². The van der Waals surface area contributed by atoms with Crippen molar-refractivity contribution in [3.8, 4) is 0 Å². The number of unbranched alkanes of at least 4 members (excludes halogenated alkanes) is 2. The van der Waals surface area contributed by atoms with Crippen LogP contribution in [0.1, 0.15) is 80.1 Å². The second-order valence-electron chi connectivity index (χ2n) is 7.48. The van der Waals surface area contributed by atoms with Crippen LogP contribution in [0.4, 0.5) is 0 Å². The molecule has 0 aromatic carbocycles. The zero-order chi connectivity index (χ0) is 17.0. The van der Waals surface area contributed by atoms with Crippen molar-refractivity contribution in [3.05, 3.63) is 48.1 Å². The predicted molar refractivity (Wildman–Crippen MR) is 103 cm³/mol. The van der Waals surface area contributed by atoms with Gasteiger partial charge < -0.3 is 0 Å². The average Bonchev–Trinajstić information content (AvgIpc) is 2.45. The molecule has 0 aromatic heterocycles. The summed E-state index contributed by atoms with van der Waals surface area (Å²) in [4.78, 5) is 0. The van der Waals surface area contributed by atoms with E-state index in [2.05, 4.69) is 72.4 Å². The van der Waals surface area contributed by atoms with Gasteiger partial charge in [-0.05, 0) is 57.3 Å². The number of rotatable bonds is 11. The number of hydrogen-bond acceptors (Lipinski definition) is 0. The van der Waals surface area contributed by atoms with Crippen LogP contribution < -0.4 is 0 Å². The molecule has 0 fully saturated rings. The molecule has 0 bridgehead atoms. The molecule has 0 heterocycles. The lowest BCUT2D eigenvalue weighted by molar-refractivity contribution is 0.415. The fourth-order valence-corrected chi connectivity index (χ4v) is 2.42. The second kappa shape index (κ2) is 11.5. The van der Waals surface area contributed by atoms with Crippen LogP contribution in [-0.2, 0) is 0 Å². The maximum Gasteiger partial charge on any atom is -0.0172 e. The van der Waals surface area contributed by atoms with Gasteiger partial charge in [0.25, 0.3) is 0 Å². The summed E-state index contributed by atoms with van der Waals surface area (Å²) in [5, 5.41) is 0. The quantitative estimate of drug-likeness (QED) is 0.209. The van der Waals surface area contributed by atoms with Crippen molar-refractivity contribution in [1.82, 2.24) is 0 Å². The highest BCUT2D eigenvalue weighted by atomic mass is 14.2. The largest absolute Gasteiger partial charge is 0.103 e. The van der Waals surface area contributed by atoms with Crippen molar-refractivity contribution in [2.24, 2.45) is 11.3 Å². The highest BCUT2D eigenvalue weighted by Crippen LogP contribution is 2.27. The van der Waals surface area contributed by atoms with Crippen molar-refractivity contribution in [1.29, 1.82) is 0 Å². The summed E-state index contributed by atoms with van der Waals surface area (Å²) < 4.78 is 0. The summed E-state index contributed by atoms with van der Waals surface area (Å²) in [5.41, 5.74) is 3.24. The van der Waals surface area contributed by atoms with Crippen LogP contribution in [-0.4, -0.2) is 0 Å². The third-order valence-electron chi connectivity index (χ3n) is 4.08. The first-order chi connectivity index (χ1) is 10.3. The van der Waals surface area contributed by atoms with E-state index in [4.69, 9.17) is 0 Å². The normalized spacial score (nSPS) is 14.1. The van der Waals surface area contributed by atoms with E-state index in [0.717, 1.165) is 12.8 Å². The minimum absolute atomic E-state index is 0.285. The van der Waals surface area contributed by atoms with E-state index in [-0.39, 0.29) is 5.41 Å². The van der Waals surface area contributed by atoms with E-state index in [9.17, 15) is 0 Å². The Hall–Kier alpha value is -1.04. The Morgan fingerprint density at radius 1 is 1.14 bits per heavy atom. The highest BCUT2D eigenvalue weighted by molar-refractivity contribution is 5.22. The summed E-state index contributed by atoms with van der Waals surface area (Å²) in [5.74, 6) is 0.612. The lowest BCUT2D eigenvalue weighted by Crippen LogP contribution is -2.07. The maximum absolute atomic E-state index is 3.80. The van der Waals surface area contributed by atoms with Gasteiger partial charge in [-0.1, -0.05) is 75.6 Å². The molecule has 0 nitrogen and oxygen atoms in total. The van der Waals surface area contributed by atoms with E-state index in [1.807, 2.05) is 6.08 Å². The maximum atomic E-state index is 3.80. The van der Waals surface area contributed by atoms with Gasteiger partial charge in [0.2, 0.25) is 0 Å². The van der Waals surface area contributed by atoms with Crippen LogP contribution in [0.3, 0.4) is 0 Å². The number of hydrogen-bond donors (Lipinski definition) is 0. The SMILES string of the molecule is C=CCCCCC(C)(C)C=CC(=CC(C)C)CCC(C)=CC. The fraction of sp³-hybridized carbons (Fsp3) is 0.636. The molecule has 0 N–H and O–H groups in total. The van der Waals surface area contributed by atoms with Crippen LogP contribution in [0.15, 0.2) is 48.1 Å². The molecule has 0 aromatic rings. The Kier molecular flexibility index (Phi) is 11.0. The smallest absolute Gasteiger partial charge is 0.0172 e. The summed E-state index contributed by atoms with van der Waals surface area (Å²) >= 11 is 0. The molecule has 0 unspecified atom stereocenters. The summed E-state index contributed by atoms with van der Waals surface area (Å²) in [6, 6.07) is 0. The third kappa shape index (κ3) is 11.6. The van der Waals surface area contributed by atoms with Crippen LogP contribution in [0.25, 0.3) is 0 Å². The molecule has 0 spiro atoms. The monoisotopic (exact) mass is 302 g/mol. The molecule has 126 valence electrons. The van der Waals surface area contributed by atoms with Gasteiger partial charge in [-0.15, -0.1) is 6.58 Å². The Labute approximate surface area is 140 Å². The summed E-state index contributed by atoms with van der Waals surface area (Å²) in [6.07, 6.45) is 18.7. The lowest BCUT2D eigenvalue weighted by atomic mass is 9.85. The molecule has 0 radical (unpaired) electrons. The van der Waals surface area contributed by atoms with Crippen LogP contribution in [0.5, 0.6) is 0 Å². The standard InChI is InChI=1S/C22H38/c1-8-10-11-12-16-22(6,7)17-15-21(18-19(3)4)14-13-20(5)9-2/h8-9,15,17-19H,1,10-14,16H2,2-7H3. The zero-order valence-corrected chi connectivity index (χ0v) is 15.9. The Morgan fingerprint density at radius 2 is 1.82 bits per heavy atom. The van der Waals surface area contributed by atoms with Crippen LogP contribution in [0.2, 0.25) is 0 Å². The molecule has 0 aliphatic heterocycles. The van der Waals surface area contributed by atoms with Crippen molar-refractivity contribution in [3.63, 3.8) is 0 Å².